The molecule has 0 atom stereocenters. The summed E-state index contributed by atoms with van der Waals surface area (Å²) in [4.78, 5) is 10.7. The Labute approximate surface area is 394 Å². The summed E-state index contributed by atoms with van der Waals surface area (Å²) >= 11 is 0. The molecule has 5 aliphatic rings. The fourth-order valence-electron chi connectivity index (χ4n) is 14.8. The largest absolute Gasteiger partial charge is 0.309 e. The standard InChI is InChI=1S/C64H46N4/c1-2-12-41-34-44(22-21-40(41)11-1)62-52-16-4-8-18-57(52)65-63(66-62)68-59-20-10-6-15-51(59)54-36-43(24-28-61(54)68)42-23-27-60-53(35-42)50-14-5-9-19-58(50)67(60)47-25-26-49-48-13-3-7-17-55(48)64(56(49)37-47)45-30-38-29-39(32-45)33-46(64)31-38/h1-28,34-39,45-46H,29-33H2. The molecule has 68 heavy (non-hydrogen) atoms. The van der Waals surface area contributed by atoms with Gasteiger partial charge in [-0.25, -0.2) is 9.97 Å². The van der Waals surface area contributed by atoms with Gasteiger partial charge in [0.2, 0.25) is 5.95 Å². The van der Waals surface area contributed by atoms with Crippen molar-refractivity contribution in [2.75, 3.05) is 0 Å². The van der Waals surface area contributed by atoms with Gasteiger partial charge < -0.3 is 4.57 Å². The van der Waals surface area contributed by atoms with Gasteiger partial charge >= 0.3 is 0 Å². The maximum atomic E-state index is 5.41. The van der Waals surface area contributed by atoms with Crippen LogP contribution in [0.3, 0.4) is 0 Å². The first-order valence-electron chi connectivity index (χ1n) is 24.7. The Bertz CT molecular complexity index is 4100. The fourth-order valence-corrected chi connectivity index (χ4v) is 14.8. The Hall–Kier alpha value is -7.82. The summed E-state index contributed by atoms with van der Waals surface area (Å²) in [5.74, 6) is 3.97. The van der Waals surface area contributed by atoms with E-state index in [0.29, 0.717) is 5.95 Å². The van der Waals surface area contributed by atoms with E-state index in [1.807, 2.05) is 0 Å². The molecule has 0 radical (unpaired) electrons. The first kappa shape index (κ1) is 37.3. The number of hydrogen-bond acceptors (Lipinski definition) is 2. The minimum Gasteiger partial charge on any atom is -0.309 e. The van der Waals surface area contributed by atoms with Crippen LogP contribution >= 0.6 is 0 Å². The first-order chi connectivity index (χ1) is 33.7. The van der Waals surface area contributed by atoms with E-state index < -0.39 is 0 Å². The number of hydrogen-bond donors (Lipinski definition) is 0. The fraction of sp³-hybridized carbons (Fsp3) is 0.156. The summed E-state index contributed by atoms with van der Waals surface area (Å²) in [6.45, 7) is 0. The van der Waals surface area contributed by atoms with Gasteiger partial charge in [-0.3, -0.25) is 4.57 Å². The van der Waals surface area contributed by atoms with Crippen LogP contribution in [0.25, 0.3) is 110 Å². The van der Waals surface area contributed by atoms with E-state index >= 15 is 0 Å². The topological polar surface area (TPSA) is 35.6 Å². The number of para-hydroxylation sites is 3. The molecular weight excluding hydrogens is 825 g/mol. The molecule has 1 spiro atoms. The van der Waals surface area contributed by atoms with E-state index in [1.165, 1.54) is 103 Å². The molecule has 9 aromatic carbocycles. The van der Waals surface area contributed by atoms with Crippen LogP contribution in [0.15, 0.2) is 194 Å². The quantitative estimate of drug-likeness (QED) is 0.177. The molecule has 3 heterocycles. The van der Waals surface area contributed by atoms with Gasteiger partial charge in [-0.15, -0.1) is 0 Å². The molecular formula is C64H46N4. The lowest BCUT2D eigenvalue weighted by Crippen LogP contribution is -2.55. The zero-order valence-electron chi connectivity index (χ0n) is 37.6. The molecule has 0 aliphatic heterocycles. The van der Waals surface area contributed by atoms with Gasteiger partial charge in [0.15, 0.2) is 0 Å². The highest BCUT2D eigenvalue weighted by atomic mass is 15.2. The number of benzene rings is 9. The molecule has 0 N–H and O–H groups in total. The highest BCUT2D eigenvalue weighted by Crippen LogP contribution is 2.69. The van der Waals surface area contributed by atoms with E-state index in [1.54, 1.807) is 11.1 Å². The molecule has 5 aliphatic carbocycles. The summed E-state index contributed by atoms with van der Waals surface area (Å²) in [5, 5.41) is 8.38. The van der Waals surface area contributed by atoms with Crippen molar-refractivity contribution in [2.24, 2.45) is 23.7 Å². The summed E-state index contributed by atoms with van der Waals surface area (Å²) in [6, 6.07) is 72.3. The normalized spacial score (nSPS) is 21.3. The minimum absolute atomic E-state index is 0.128. The number of aromatic nitrogens is 4. The van der Waals surface area contributed by atoms with Gasteiger partial charge in [-0.2, -0.15) is 0 Å². The SMILES string of the molecule is c1ccc2c(c1)-c1ccc(-n3c4ccccc4c4cc(-c5ccc6c(c5)c5ccccc5n6-c5nc(-c6ccc7ccccc7c6)c6ccccc6n5)ccc43)cc1C21C2CC3CC(C2)CC1C3. The van der Waals surface area contributed by atoms with Gasteiger partial charge in [0.25, 0.3) is 0 Å². The van der Waals surface area contributed by atoms with E-state index in [2.05, 4.69) is 203 Å². The van der Waals surface area contributed by atoms with Crippen LogP contribution in [0.1, 0.15) is 43.2 Å². The molecule has 17 rings (SSSR count). The van der Waals surface area contributed by atoms with Gasteiger partial charge in [0, 0.05) is 43.6 Å². The van der Waals surface area contributed by atoms with Crippen molar-refractivity contribution in [1.29, 1.82) is 0 Å². The monoisotopic (exact) mass is 870 g/mol. The molecule has 3 aromatic heterocycles. The summed E-state index contributed by atoms with van der Waals surface area (Å²) in [7, 11) is 0. The Morgan fingerprint density at radius 3 is 1.71 bits per heavy atom. The molecule has 0 unspecified atom stereocenters. The van der Waals surface area contributed by atoms with E-state index in [9.17, 15) is 0 Å². The minimum atomic E-state index is 0.128. The van der Waals surface area contributed by atoms with Gasteiger partial charge in [-0.05, 0) is 161 Å². The van der Waals surface area contributed by atoms with Crippen LogP contribution in [0.5, 0.6) is 0 Å². The predicted octanol–water partition coefficient (Wildman–Crippen LogP) is 16.0. The van der Waals surface area contributed by atoms with Crippen molar-refractivity contribution < 1.29 is 0 Å². The Balaban J connectivity index is 0.841. The van der Waals surface area contributed by atoms with Crippen LogP contribution in [-0.4, -0.2) is 19.1 Å². The number of fused-ring (bicyclic) bond motifs is 11. The average Bonchev–Trinajstić information content (AvgIpc) is 4.01. The smallest absolute Gasteiger partial charge is 0.235 e. The number of rotatable bonds is 4. The highest BCUT2D eigenvalue weighted by Gasteiger charge is 2.61. The van der Waals surface area contributed by atoms with E-state index in [0.717, 1.165) is 56.9 Å². The summed E-state index contributed by atoms with van der Waals surface area (Å²) in [6.07, 6.45) is 7.02. The van der Waals surface area contributed by atoms with Gasteiger partial charge in [0.1, 0.15) is 0 Å². The molecule has 0 amide bonds. The second kappa shape index (κ2) is 13.6. The maximum absolute atomic E-state index is 5.41. The second-order valence-electron chi connectivity index (χ2n) is 20.6. The van der Waals surface area contributed by atoms with Crippen molar-refractivity contribution in [3.05, 3.63) is 205 Å². The third-order valence-electron chi connectivity index (χ3n) is 17.3. The predicted molar refractivity (Wildman–Crippen MR) is 280 cm³/mol. The van der Waals surface area contributed by atoms with Crippen molar-refractivity contribution in [3.8, 4) is 45.1 Å². The van der Waals surface area contributed by atoms with Crippen LogP contribution < -0.4 is 0 Å². The molecule has 4 heteroatoms. The van der Waals surface area contributed by atoms with Crippen molar-refractivity contribution in [3.63, 3.8) is 0 Å². The molecule has 4 bridgehead atoms. The Morgan fingerprint density at radius 2 is 0.956 bits per heavy atom. The lowest BCUT2D eigenvalue weighted by atomic mass is 9.43. The van der Waals surface area contributed by atoms with Crippen LogP contribution in [0.2, 0.25) is 0 Å². The van der Waals surface area contributed by atoms with Crippen LogP contribution in [-0.2, 0) is 5.41 Å². The molecule has 12 aromatic rings. The van der Waals surface area contributed by atoms with Crippen molar-refractivity contribution >= 4 is 65.3 Å². The summed E-state index contributed by atoms with van der Waals surface area (Å²) < 4.78 is 4.80. The third-order valence-corrected chi connectivity index (χ3v) is 17.3. The van der Waals surface area contributed by atoms with Gasteiger partial charge in [-0.1, -0.05) is 133 Å². The molecule has 0 saturated heterocycles. The lowest BCUT2D eigenvalue weighted by molar-refractivity contribution is -0.0399. The first-order valence-corrected chi connectivity index (χ1v) is 24.7. The molecule has 4 nitrogen and oxygen atoms in total. The summed E-state index contributed by atoms with van der Waals surface area (Å²) in [5.41, 5.74) is 17.6. The molecule has 322 valence electrons. The average molecular weight is 871 g/mol. The zero-order valence-corrected chi connectivity index (χ0v) is 37.6. The Morgan fingerprint density at radius 1 is 0.382 bits per heavy atom. The van der Waals surface area contributed by atoms with E-state index in [4.69, 9.17) is 9.97 Å². The molecule has 4 fully saturated rings. The zero-order chi connectivity index (χ0) is 44.2. The van der Waals surface area contributed by atoms with Crippen molar-refractivity contribution in [2.45, 2.75) is 37.5 Å². The third kappa shape index (κ3) is 4.99. The highest BCUT2D eigenvalue weighted by molar-refractivity contribution is 6.13. The van der Waals surface area contributed by atoms with Crippen molar-refractivity contribution in [1.82, 2.24) is 19.1 Å². The maximum Gasteiger partial charge on any atom is 0.235 e. The lowest BCUT2D eigenvalue weighted by Gasteiger charge is -2.61. The van der Waals surface area contributed by atoms with Crippen LogP contribution in [0, 0.1) is 23.7 Å². The van der Waals surface area contributed by atoms with Gasteiger partial charge in [0.05, 0.1) is 33.3 Å². The van der Waals surface area contributed by atoms with E-state index in [-0.39, 0.29) is 5.41 Å². The van der Waals surface area contributed by atoms with Crippen LogP contribution in [0.4, 0.5) is 0 Å². The number of nitrogens with zero attached hydrogens (tertiary/aromatic N) is 4. The second-order valence-corrected chi connectivity index (χ2v) is 20.6. The Kier molecular flexibility index (Phi) is 7.48. The molecule has 4 saturated carbocycles.